The third-order valence-corrected chi connectivity index (χ3v) is 5.74. The van der Waals surface area contributed by atoms with Crippen LogP contribution in [0.3, 0.4) is 0 Å². The Morgan fingerprint density at radius 2 is 2.12 bits per heavy atom. The van der Waals surface area contributed by atoms with Gasteiger partial charge in [0.25, 0.3) is 0 Å². The van der Waals surface area contributed by atoms with Crippen LogP contribution in [0, 0.1) is 11.8 Å². The van der Waals surface area contributed by atoms with Crippen LogP contribution in [0.2, 0.25) is 0 Å². The summed E-state index contributed by atoms with van der Waals surface area (Å²) in [5, 5.41) is 10.8. The molecule has 2 unspecified atom stereocenters. The molecule has 142 valence electrons. The summed E-state index contributed by atoms with van der Waals surface area (Å²) in [5.74, 6) is 1.71. The van der Waals surface area contributed by atoms with Crippen LogP contribution in [-0.2, 0) is 4.74 Å². The Balaban J connectivity index is 1.89. The Kier molecular flexibility index (Phi) is 8.05. The Hall–Kier alpha value is -1.45. The third-order valence-electron chi connectivity index (χ3n) is 4.66. The number of rotatable bonds is 9. The average molecular weight is 373 g/mol. The van der Waals surface area contributed by atoms with Crippen molar-refractivity contribution in [3.05, 3.63) is 65.8 Å². The molecular formula is C23H32O2S. The second-order valence-electron chi connectivity index (χ2n) is 7.58. The molecular weight excluding hydrogens is 340 g/mol. The van der Waals surface area contributed by atoms with Gasteiger partial charge in [0.2, 0.25) is 0 Å². The second kappa shape index (κ2) is 10.0. The summed E-state index contributed by atoms with van der Waals surface area (Å²) in [6, 6.07) is 10.3. The predicted molar refractivity (Wildman–Crippen MR) is 112 cm³/mol. The van der Waals surface area contributed by atoms with Crippen molar-refractivity contribution in [2.75, 3.05) is 6.61 Å². The standard InChI is InChI=1S/C23H32O2S/c1-5-21(26-22-11-7-6-8-12-22)13-9-10-19-14-15-20(16-23(19,4)24)25-17-18(2)3/h5-8,11-13,16,18-19,24H,1,9-10,14-15,17H2,2-4H3/b21-13-. The van der Waals surface area contributed by atoms with Gasteiger partial charge >= 0.3 is 0 Å². The summed E-state index contributed by atoms with van der Waals surface area (Å²) in [6.45, 7) is 10.8. The molecule has 26 heavy (non-hydrogen) atoms. The minimum atomic E-state index is -0.792. The van der Waals surface area contributed by atoms with Gasteiger partial charge < -0.3 is 9.84 Å². The van der Waals surface area contributed by atoms with E-state index in [9.17, 15) is 5.11 Å². The highest BCUT2D eigenvalue weighted by atomic mass is 32.2. The second-order valence-corrected chi connectivity index (χ2v) is 8.73. The molecule has 0 aliphatic heterocycles. The van der Waals surface area contributed by atoms with E-state index >= 15 is 0 Å². The Morgan fingerprint density at radius 1 is 1.38 bits per heavy atom. The third kappa shape index (κ3) is 6.69. The molecule has 0 saturated heterocycles. The fourth-order valence-electron chi connectivity index (χ4n) is 3.17. The van der Waals surface area contributed by atoms with Crippen molar-refractivity contribution in [1.82, 2.24) is 0 Å². The summed E-state index contributed by atoms with van der Waals surface area (Å²) in [7, 11) is 0. The predicted octanol–water partition coefficient (Wildman–Crippen LogP) is 6.35. The molecule has 0 fully saturated rings. The topological polar surface area (TPSA) is 29.5 Å². The van der Waals surface area contributed by atoms with E-state index in [-0.39, 0.29) is 5.92 Å². The normalized spacial score (nSPS) is 23.7. The van der Waals surface area contributed by atoms with Crippen LogP contribution in [0.15, 0.2) is 70.7 Å². The lowest BCUT2D eigenvalue weighted by Gasteiger charge is -2.35. The summed E-state index contributed by atoms with van der Waals surface area (Å²) in [6.07, 6.45) is 9.88. The van der Waals surface area contributed by atoms with Crippen LogP contribution in [0.5, 0.6) is 0 Å². The fraction of sp³-hybridized carbons (Fsp3) is 0.478. The zero-order valence-electron chi connectivity index (χ0n) is 16.3. The number of ether oxygens (including phenoxy) is 1. The molecule has 1 aliphatic carbocycles. The number of hydrogen-bond donors (Lipinski definition) is 1. The molecule has 2 nitrogen and oxygen atoms in total. The molecule has 2 rings (SSSR count). The van der Waals surface area contributed by atoms with Crippen LogP contribution in [0.25, 0.3) is 0 Å². The zero-order chi connectivity index (χ0) is 19.0. The van der Waals surface area contributed by atoms with Crippen LogP contribution < -0.4 is 0 Å². The van der Waals surface area contributed by atoms with Crippen LogP contribution in [0.1, 0.15) is 46.5 Å². The van der Waals surface area contributed by atoms with Crippen molar-refractivity contribution in [2.45, 2.75) is 57.0 Å². The van der Waals surface area contributed by atoms with Crippen LogP contribution in [-0.4, -0.2) is 17.3 Å². The molecule has 0 saturated carbocycles. The zero-order valence-corrected chi connectivity index (χ0v) is 17.1. The largest absolute Gasteiger partial charge is 0.498 e. The minimum Gasteiger partial charge on any atom is -0.498 e. The van der Waals surface area contributed by atoms with Crippen LogP contribution >= 0.6 is 11.8 Å². The maximum absolute atomic E-state index is 10.8. The minimum absolute atomic E-state index is 0.262. The van der Waals surface area contributed by atoms with Crippen molar-refractivity contribution in [1.29, 1.82) is 0 Å². The van der Waals surface area contributed by atoms with Gasteiger partial charge in [-0.2, -0.15) is 0 Å². The van der Waals surface area contributed by atoms with E-state index in [1.165, 1.54) is 9.80 Å². The highest BCUT2D eigenvalue weighted by molar-refractivity contribution is 8.03. The van der Waals surface area contributed by atoms with Gasteiger partial charge in [0, 0.05) is 16.2 Å². The van der Waals surface area contributed by atoms with Gasteiger partial charge in [0.15, 0.2) is 0 Å². The van der Waals surface area contributed by atoms with Gasteiger partial charge in [-0.3, -0.25) is 0 Å². The molecule has 2 atom stereocenters. The first-order chi connectivity index (χ1) is 12.4. The molecule has 1 aromatic rings. The van der Waals surface area contributed by atoms with Crippen molar-refractivity contribution in [3.63, 3.8) is 0 Å². The summed E-state index contributed by atoms with van der Waals surface area (Å²) in [4.78, 5) is 2.39. The lowest BCUT2D eigenvalue weighted by atomic mass is 9.78. The molecule has 0 spiro atoms. The van der Waals surface area contributed by atoms with Gasteiger partial charge in [0.05, 0.1) is 18.0 Å². The smallest absolute Gasteiger partial charge is 0.0948 e. The molecule has 3 heteroatoms. The van der Waals surface area contributed by atoms with E-state index in [0.717, 1.165) is 31.4 Å². The van der Waals surface area contributed by atoms with E-state index in [0.29, 0.717) is 12.5 Å². The van der Waals surface area contributed by atoms with E-state index < -0.39 is 5.60 Å². The molecule has 0 heterocycles. The Labute approximate surface area is 163 Å². The van der Waals surface area contributed by atoms with Gasteiger partial charge in [-0.15, -0.1) is 0 Å². The molecule has 1 aliphatic rings. The maximum Gasteiger partial charge on any atom is 0.0948 e. The Bertz CT molecular complexity index is 629. The first-order valence-electron chi connectivity index (χ1n) is 9.53. The molecule has 0 bridgehead atoms. The number of aliphatic hydroxyl groups is 1. The number of benzene rings is 1. The molecule has 0 radical (unpaired) electrons. The lowest BCUT2D eigenvalue weighted by molar-refractivity contribution is 0.0175. The van der Waals surface area contributed by atoms with Gasteiger partial charge in [-0.1, -0.05) is 62.5 Å². The monoisotopic (exact) mass is 372 g/mol. The van der Waals surface area contributed by atoms with E-state index in [2.05, 4.69) is 38.6 Å². The van der Waals surface area contributed by atoms with Crippen molar-refractivity contribution < 1.29 is 9.84 Å². The maximum atomic E-state index is 10.8. The summed E-state index contributed by atoms with van der Waals surface area (Å²) < 4.78 is 5.83. The average Bonchev–Trinajstić information content (AvgIpc) is 2.61. The molecule has 0 amide bonds. The van der Waals surface area contributed by atoms with Crippen LogP contribution in [0.4, 0.5) is 0 Å². The van der Waals surface area contributed by atoms with Gasteiger partial charge in [-0.25, -0.2) is 0 Å². The number of thioether (sulfide) groups is 1. The van der Waals surface area contributed by atoms with E-state index in [1.807, 2.05) is 37.3 Å². The highest BCUT2D eigenvalue weighted by Crippen LogP contribution is 2.36. The first-order valence-corrected chi connectivity index (χ1v) is 10.3. The first kappa shape index (κ1) is 20.9. The van der Waals surface area contributed by atoms with E-state index in [4.69, 9.17) is 4.74 Å². The fourth-order valence-corrected chi connectivity index (χ4v) is 4.02. The quantitative estimate of drug-likeness (QED) is 0.405. The van der Waals surface area contributed by atoms with Crippen molar-refractivity contribution in [2.24, 2.45) is 11.8 Å². The van der Waals surface area contributed by atoms with Crippen molar-refractivity contribution >= 4 is 11.8 Å². The lowest BCUT2D eigenvalue weighted by Crippen LogP contribution is -2.36. The van der Waals surface area contributed by atoms with Gasteiger partial charge in [0.1, 0.15) is 0 Å². The van der Waals surface area contributed by atoms with Gasteiger partial charge in [-0.05, 0) is 56.2 Å². The number of hydrogen-bond acceptors (Lipinski definition) is 3. The van der Waals surface area contributed by atoms with Crippen molar-refractivity contribution in [3.8, 4) is 0 Å². The molecule has 1 aromatic carbocycles. The molecule has 1 N–H and O–H groups in total. The van der Waals surface area contributed by atoms with E-state index in [1.54, 1.807) is 11.8 Å². The Morgan fingerprint density at radius 3 is 2.73 bits per heavy atom. The number of allylic oxidation sites excluding steroid dienone is 3. The highest BCUT2D eigenvalue weighted by Gasteiger charge is 2.33. The SMILES string of the molecule is C=C/C(=C/CCC1CCC(OCC(C)C)=CC1(C)O)Sc1ccccc1. The summed E-state index contributed by atoms with van der Waals surface area (Å²) >= 11 is 1.73. The summed E-state index contributed by atoms with van der Waals surface area (Å²) in [5.41, 5.74) is -0.792. The molecule has 0 aromatic heterocycles.